The van der Waals surface area contributed by atoms with Gasteiger partial charge in [-0.15, -0.1) is 0 Å². The van der Waals surface area contributed by atoms with Crippen molar-refractivity contribution in [1.29, 1.82) is 0 Å². The first-order chi connectivity index (χ1) is 52.7. The average Bonchev–Trinajstić information content (AvgIpc) is 0.896. The van der Waals surface area contributed by atoms with E-state index in [2.05, 4.69) is 137 Å². The third-order valence-corrected chi connectivity index (χ3v) is 20.2. The molecule has 0 amide bonds. The molecule has 0 saturated heterocycles. The van der Waals surface area contributed by atoms with Gasteiger partial charge in [-0.3, -0.25) is 37.3 Å². The first kappa shape index (κ1) is 104. The number of carbonyl (C=O) groups is 4. The summed E-state index contributed by atoms with van der Waals surface area (Å²) in [6.07, 6.45) is 89.0. The molecule has 0 fully saturated rings. The number of hydrogen-bond donors (Lipinski definition) is 3. The normalized spacial score (nSPS) is 14.3. The minimum atomic E-state index is -4.99. The number of esters is 4. The number of ether oxygens (including phenoxy) is 4. The van der Waals surface area contributed by atoms with Crippen molar-refractivity contribution in [3.05, 3.63) is 109 Å². The molecule has 624 valence electrons. The molecule has 0 rings (SSSR count). The van der Waals surface area contributed by atoms with Crippen molar-refractivity contribution < 1.29 is 80.2 Å². The standard InChI is InChI=1S/C89H156O17P2/c1-5-9-13-17-21-25-29-33-37-39-41-43-47-50-54-58-62-66-70-74-87(92)100-80-85(106-89(94)76-72-68-64-60-56-52-48-44-42-40-38-34-30-26-22-18-14-10-6-2)82-104-108(97,98)102-78-83(90)77-101-107(95,96)103-81-84(105-88(93)75-71-67-63-59-55-51-46-36-32-28-24-20-16-12-8-4)79-99-86(91)73-69-65-61-57-53-49-45-35-31-27-23-19-15-11-7-3/h9-10,13-14,21-22,25-26,33-34,37-38,41-44,50,54,83-85,90H,5-8,11-12,15-20,23-24,27-32,35-36,39-40,45-49,51-53,55-82H2,1-4H3,(H,95,96)(H,97,98)/b13-9-,14-10-,25-21-,26-22-,37-33-,38-34-,43-41-,44-42-,54-50-. The SMILES string of the molecule is CC/C=C\C/C=C\C/C=C\C/C=C\C/C=C\CCCCCC(=O)OCC(COP(=O)(O)OCC(O)COP(=O)(O)OCC(COC(=O)CCCCCCCCCCCCCCCCC)OC(=O)CCCCCCCCCCCCCCCCC)OC(=O)CCCCCCCC/C=C\C/C=C\C/C=C\C/C=C\CC. The molecular formula is C89H156O17P2. The molecular weight excluding hydrogens is 1400 g/mol. The Bertz CT molecular complexity index is 2470. The minimum absolute atomic E-state index is 0.0701. The zero-order valence-corrected chi connectivity index (χ0v) is 70.3. The van der Waals surface area contributed by atoms with Crippen LogP contribution in [0.4, 0.5) is 0 Å². The van der Waals surface area contributed by atoms with Crippen LogP contribution >= 0.6 is 15.6 Å². The number of aliphatic hydroxyl groups is 1. The first-order valence-electron chi connectivity index (χ1n) is 43.1. The Morgan fingerprint density at radius 3 is 0.750 bits per heavy atom. The van der Waals surface area contributed by atoms with Crippen LogP contribution < -0.4 is 0 Å². The van der Waals surface area contributed by atoms with Gasteiger partial charge in [-0.05, 0) is 109 Å². The molecule has 0 aliphatic rings. The molecule has 0 aliphatic heterocycles. The van der Waals surface area contributed by atoms with E-state index in [9.17, 15) is 43.2 Å². The number of phosphoric acid groups is 2. The largest absolute Gasteiger partial charge is 0.472 e. The Hall–Kier alpha value is -4.28. The van der Waals surface area contributed by atoms with E-state index < -0.39 is 97.5 Å². The quantitative estimate of drug-likeness (QED) is 0.0169. The summed E-state index contributed by atoms with van der Waals surface area (Å²) in [6.45, 7) is 4.68. The Morgan fingerprint density at radius 1 is 0.269 bits per heavy atom. The van der Waals surface area contributed by atoms with Crippen LogP contribution in [0.2, 0.25) is 0 Å². The Morgan fingerprint density at radius 2 is 0.481 bits per heavy atom. The topological polar surface area (TPSA) is 237 Å². The number of rotatable bonds is 81. The summed E-state index contributed by atoms with van der Waals surface area (Å²) < 4.78 is 68.8. The number of carbonyl (C=O) groups excluding carboxylic acids is 4. The highest BCUT2D eigenvalue weighted by Crippen LogP contribution is 2.45. The van der Waals surface area contributed by atoms with E-state index in [1.165, 1.54) is 135 Å². The average molecular weight is 1560 g/mol. The predicted molar refractivity (Wildman–Crippen MR) is 445 cm³/mol. The van der Waals surface area contributed by atoms with Gasteiger partial charge in [-0.25, -0.2) is 9.13 Å². The Balaban J connectivity index is 5.40. The van der Waals surface area contributed by atoms with Crippen molar-refractivity contribution in [3.8, 4) is 0 Å². The van der Waals surface area contributed by atoms with Crippen LogP contribution in [0, 0.1) is 0 Å². The monoisotopic (exact) mass is 1560 g/mol. The van der Waals surface area contributed by atoms with Crippen LogP contribution in [0.3, 0.4) is 0 Å². The minimum Gasteiger partial charge on any atom is -0.462 e. The van der Waals surface area contributed by atoms with Crippen molar-refractivity contribution in [2.45, 2.75) is 393 Å². The van der Waals surface area contributed by atoms with Crippen molar-refractivity contribution in [2.75, 3.05) is 39.6 Å². The molecule has 0 bridgehead atoms. The third-order valence-electron chi connectivity index (χ3n) is 18.3. The third kappa shape index (κ3) is 79.8. The van der Waals surface area contributed by atoms with Gasteiger partial charge in [0.2, 0.25) is 0 Å². The molecule has 0 aromatic rings. The molecule has 108 heavy (non-hydrogen) atoms. The predicted octanol–water partition coefficient (Wildman–Crippen LogP) is 25.7. The lowest BCUT2D eigenvalue weighted by molar-refractivity contribution is -0.161. The van der Waals surface area contributed by atoms with Crippen LogP contribution in [-0.2, 0) is 65.4 Å². The van der Waals surface area contributed by atoms with E-state index in [0.717, 1.165) is 161 Å². The van der Waals surface area contributed by atoms with Crippen molar-refractivity contribution in [3.63, 3.8) is 0 Å². The Labute approximate surface area is 658 Å². The number of unbranched alkanes of at least 4 members (excludes halogenated alkanes) is 37. The fraction of sp³-hybridized carbons (Fsp3) is 0.753. The van der Waals surface area contributed by atoms with Gasteiger partial charge >= 0.3 is 39.5 Å². The van der Waals surface area contributed by atoms with Crippen LogP contribution in [-0.4, -0.2) is 96.7 Å². The van der Waals surface area contributed by atoms with Crippen LogP contribution in [0.1, 0.15) is 374 Å². The lowest BCUT2D eigenvalue weighted by atomic mass is 10.0. The maximum Gasteiger partial charge on any atom is 0.472 e. The summed E-state index contributed by atoms with van der Waals surface area (Å²) in [5.74, 6) is -2.20. The molecule has 0 aliphatic carbocycles. The number of aliphatic hydroxyl groups excluding tert-OH is 1. The van der Waals surface area contributed by atoms with Crippen LogP contribution in [0.5, 0.6) is 0 Å². The van der Waals surface area contributed by atoms with Gasteiger partial charge in [0.1, 0.15) is 19.3 Å². The molecule has 0 heterocycles. The fourth-order valence-electron chi connectivity index (χ4n) is 11.8. The zero-order valence-electron chi connectivity index (χ0n) is 68.5. The van der Waals surface area contributed by atoms with Gasteiger partial charge in [-0.1, -0.05) is 349 Å². The molecule has 0 aromatic carbocycles. The van der Waals surface area contributed by atoms with Gasteiger partial charge in [0, 0.05) is 25.7 Å². The van der Waals surface area contributed by atoms with Gasteiger partial charge in [-0.2, -0.15) is 0 Å². The maximum absolute atomic E-state index is 13.1. The van der Waals surface area contributed by atoms with Crippen LogP contribution in [0.15, 0.2) is 109 Å². The second-order valence-electron chi connectivity index (χ2n) is 28.7. The highest BCUT2D eigenvalue weighted by Gasteiger charge is 2.30. The molecule has 19 heteroatoms. The van der Waals surface area contributed by atoms with Crippen molar-refractivity contribution in [2.24, 2.45) is 0 Å². The van der Waals surface area contributed by atoms with E-state index in [4.69, 9.17) is 37.0 Å². The molecule has 5 unspecified atom stereocenters. The second kappa shape index (κ2) is 80.8. The molecule has 0 spiro atoms. The molecule has 5 atom stereocenters. The molecule has 3 N–H and O–H groups in total. The summed E-state index contributed by atoms with van der Waals surface area (Å²) in [5, 5.41) is 10.7. The first-order valence-corrected chi connectivity index (χ1v) is 46.1. The van der Waals surface area contributed by atoms with E-state index in [0.29, 0.717) is 25.7 Å². The van der Waals surface area contributed by atoms with Crippen molar-refractivity contribution >= 4 is 39.5 Å². The summed E-state index contributed by atoms with van der Waals surface area (Å²) in [4.78, 5) is 73.3. The summed E-state index contributed by atoms with van der Waals surface area (Å²) in [5.41, 5.74) is 0. The lowest BCUT2D eigenvalue weighted by Gasteiger charge is -2.21. The molecule has 0 aromatic heterocycles. The van der Waals surface area contributed by atoms with E-state index in [1.807, 2.05) is 0 Å². The summed E-state index contributed by atoms with van der Waals surface area (Å²) in [7, 11) is -9.97. The molecule has 0 radical (unpaired) electrons. The van der Waals surface area contributed by atoms with Gasteiger partial charge in [0.05, 0.1) is 26.4 Å². The number of hydrogen-bond acceptors (Lipinski definition) is 15. The van der Waals surface area contributed by atoms with E-state index >= 15 is 0 Å². The van der Waals surface area contributed by atoms with Crippen molar-refractivity contribution in [1.82, 2.24) is 0 Å². The summed E-state index contributed by atoms with van der Waals surface area (Å²) in [6, 6.07) is 0. The smallest absolute Gasteiger partial charge is 0.462 e. The van der Waals surface area contributed by atoms with Gasteiger partial charge in [0.25, 0.3) is 0 Å². The van der Waals surface area contributed by atoms with E-state index in [1.54, 1.807) is 0 Å². The Kier molecular flexibility index (Phi) is 77.6. The highest BCUT2D eigenvalue weighted by atomic mass is 31.2. The lowest BCUT2D eigenvalue weighted by Crippen LogP contribution is -2.30. The highest BCUT2D eigenvalue weighted by molar-refractivity contribution is 7.47. The summed E-state index contributed by atoms with van der Waals surface area (Å²) >= 11 is 0. The maximum atomic E-state index is 13.1. The van der Waals surface area contributed by atoms with E-state index in [-0.39, 0.29) is 25.7 Å². The molecule has 17 nitrogen and oxygen atoms in total. The number of allylic oxidation sites excluding steroid dienone is 18. The zero-order chi connectivity index (χ0) is 78.9. The van der Waals surface area contributed by atoms with Gasteiger partial charge in [0.15, 0.2) is 12.2 Å². The van der Waals surface area contributed by atoms with Gasteiger partial charge < -0.3 is 33.8 Å². The second-order valence-corrected chi connectivity index (χ2v) is 31.6. The molecule has 0 saturated carbocycles. The fourth-order valence-corrected chi connectivity index (χ4v) is 13.3. The number of phosphoric ester groups is 2. The van der Waals surface area contributed by atoms with Crippen LogP contribution in [0.25, 0.3) is 0 Å².